The zero-order valence-corrected chi connectivity index (χ0v) is 16.0. The van der Waals surface area contributed by atoms with Gasteiger partial charge in [-0.1, -0.05) is 0 Å². The molecule has 0 bridgehead atoms. The first-order valence-corrected chi connectivity index (χ1v) is 10.7. The molecule has 8 heteroatoms. The molecule has 0 atom stereocenters. The van der Waals surface area contributed by atoms with Crippen LogP contribution in [0.2, 0.25) is 0 Å². The maximum atomic E-state index is 13.2. The number of sulfone groups is 1. The Morgan fingerprint density at radius 2 is 1.75 bits per heavy atom. The number of benzene rings is 2. The zero-order valence-electron chi connectivity index (χ0n) is 15.1. The monoisotopic (exact) mass is 399 g/mol. The van der Waals surface area contributed by atoms with Crippen LogP contribution in [0, 0.1) is 5.82 Å². The van der Waals surface area contributed by atoms with Gasteiger partial charge in [0.2, 0.25) is 0 Å². The van der Waals surface area contributed by atoms with Crippen LogP contribution in [-0.4, -0.2) is 30.4 Å². The van der Waals surface area contributed by atoms with Crippen LogP contribution in [0.4, 0.5) is 10.1 Å². The van der Waals surface area contributed by atoms with E-state index in [1.165, 1.54) is 24.3 Å². The fraction of sp³-hybridized carbons (Fsp3) is 0.200. The maximum Gasteiger partial charge on any atom is 0.276 e. The number of nitrogens with zero attached hydrogens (tertiary/aromatic N) is 2. The number of aromatic nitrogens is 2. The Kier molecular flexibility index (Phi) is 4.50. The van der Waals surface area contributed by atoms with E-state index >= 15 is 0 Å². The number of amides is 1. The molecule has 144 valence electrons. The summed E-state index contributed by atoms with van der Waals surface area (Å²) in [4.78, 5) is 13.0. The lowest BCUT2D eigenvalue weighted by molar-refractivity contribution is 0.102. The van der Waals surface area contributed by atoms with Crippen LogP contribution in [-0.2, 0) is 22.7 Å². The highest BCUT2D eigenvalue weighted by Crippen LogP contribution is 2.28. The van der Waals surface area contributed by atoms with E-state index in [4.69, 9.17) is 0 Å². The molecular weight excluding hydrogens is 381 g/mol. The summed E-state index contributed by atoms with van der Waals surface area (Å²) in [7, 11) is -3.29. The van der Waals surface area contributed by atoms with E-state index in [0.717, 1.165) is 36.8 Å². The quantitative estimate of drug-likeness (QED) is 0.731. The molecule has 0 saturated heterocycles. The highest BCUT2D eigenvalue weighted by atomic mass is 32.2. The number of rotatable bonds is 4. The van der Waals surface area contributed by atoms with Crippen LogP contribution in [0.5, 0.6) is 0 Å². The standard InChI is InChI=1S/C20H18FN3O3S/c1-28(26,27)16-11-7-14(8-12-16)22-20(25)19-17-3-2-4-18(17)24(23-19)15-9-5-13(21)6-10-15/h5-12H,2-4H2,1H3,(H,22,25). The van der Waals surface area contributed by atoms with Crippen molar-refractivity contribution in [1.29, 1.82) is 0 Å². The summed E-state index contributed by atoms with van der Waals surface area (Å²) < 4.78 is 38.0. The third-order valence-corrected chi connectivity index (χ3v) is 5.89. The summed E-state index contributed by atoms with van der Waals surface area (Å²) in [5, 5.41) is 7.24. The Bertz CT molecular complexity index is 1150. The van der Waals surface area contributed by atoms with Crippen molar-refractivity contribution in [3.8, 4) is 5.69 Å². The molecule has 0 saturated carbocycles. The van der Waals surface area contributed by atoms with Gasteiger partial charge >= 0.3 is 0 Å². The Balaban J connectivity index is 1.63. The fourth-order valence-electron chi connectivity index (χ4n) is 3.39. The van der Waals surface area contributed by atoms with E-state index in [-0.39, 0.29) is 16.6 Å². The lowest BCUT2D eigenvalue weighted by Crippen LogP contribution is -2.15. The lowest BCUT2D eigenvalue weighted by Gasteiger charge is -2.06. The predicted molar refractivity (Wildman–Crippen MR) is 103 cm³/mol. The Labute approximate surface area is 161 Å². The Morgan fingerprint density at radius 1 is 1.07 bits per heavy atom. The first kappa shape index (κ1) is 18.4. The van der Waals surface area contributed by atoms with Crippen molar-refractivity contribution in [3.05, 3.63) is 71.3 Å². The molecule has 1 aliphatic carbocycles. The van der Waals surface area contributed by atoms with E-state index in [1.807, 2.05) is 0 Å². The van der Waals surface area contributed by atoms with E-state index < -0.39 is 9.84 Å². The van der Waals surface area contributed by atoms with E-state index in [1.54, 1.807) is 28.9 Å². The van der Waals surface area contributed by atoms with E-state index in [9.17, 15) is 17.6 Å². The molecule has 0 radical (unpaired) electrons. The number of carbonyl (C=O) groups is 1. The third kappa shape index (κ3) is 3.43. The summed E-state index contributed by atoms with van der Waals surface area (Å²) in [6.07, 6.45) is 3.62. The van der Waals surface area contributed by atoms with Gasteiger partial charge < -0.3 is 5.32 Å². The van der Waals surface area contributed by atoms with Crippen LogP contribution < -0.4 is 5.32 Å². The lowest BCUT2D eigenvalue weighted by atomic mass is 10.2. The van der Waals surface area contributed by atoms with Crippen molar-refractivity contribution >= 4 is 21.4 Å². The molecule has 2 aromatic carbocycles. The van der Waals surface area contributed by atoms with E-state index in [0.29, 0.717) is 17.1 Å². The van der Waals surface area contributed by atoms with Crippen LogP contribution in [0.1, 0.15) is 28.2 Å². The minimum Gasteiger partial charge on any atom is -0.321 e. The molecule has 6 nitrogen and oxygen atoms in total. The summed E-state index contributed by atoms with van der Waals surface area (Å²) in [5.41, 5.74) is 3.39. The summed E-state index contributed by atoms with van der Waals surface area (Å²) >= 11 is 0. The smallest absolute Gasteiger partial charge is 0.276 e. The van der Waals surface area contributed by atoms with Crippen molar-refractivity contribution < 1.29 is 17.6 Å². The second-order valence-corrected chi connectivity index (χ2v) is 8.78. The molecule has 28 heavy (non-hydrogen) atoms. The average molecular weight is 399 g/mol. The van der Waals surface area contributed by atoms with Gasteiger partial charge in [-0.05, 0) is 67.8 Å². The van der Waals surface area contributed by atoms with Gasteiger partial charge in [0, 0.05) is 23.2 Å². The van der Waals surface area contributed by atoms with E-state index in [2.05, 4.69) is 10.4 Å². The first-order valence-electron chi connectivity index (χ1n) is 8.81. The Hall–Kier alpha value is -3.00. The van der Waals surface area contributed by atoms with Gasteiger partial charge in [-0.2, -0.15) is 5.10 Å². The summed E-state index contributed by atoms with van der Waals surface area (Å²) in [6.45, 7) is 0. The number of nitrogens with one attached hydrogen (secondary N) is 1. The number of hydrogen-bond donors (Lipinski definition) is 1. The number of fused-ring (bicyclic) bond motifs is 1. The topological polar surface area (TPSA) is 81.1 Å². The van der Waals surface area contributed by atoms with Gasteiger partial charge in [0.25, 0.3) is 5.91 Å². The molecule has 0 spiro atoms. The highest BCUT2D eigenvalue weighted by Gasteiger charge is 2.27. The van der Waals surface area contributed by atoms with Gasteiger partial charge in [0.15, 0.2) is 15.5 Å². The molecule has 4 rings (SSSR count). The summed E-state index contributed by atoms with van der Waals surface area (Å²) in [6, 6.07) is 12.0. The maximum absolute atomic E-state index is 13.2. The molecule has 0 unspecified atom stereocenters. The third-order valence-electron chi connectivity index (χ3n) is 4.76. The molecule has 3 aromatic rings. The van der Waals surface area contributed by atoms with Crippen molar-refractivity contribution in [3.63, 3.8) is 0 Å². The fourth-order valence-corrected chi connectivity index (χ4v) is 4.02. The largest absolute Gasteiger partial charge is 0.321 e. The second kappa shape index (κ2) is 6.87. The SMILES string of the molecule is CS(=O)(=O)c1ccc(NC(=O)c2nn(-c3ccc(F)cc3)c3c2CCC3)cc1. The number of anilines is 1. The molecule has 1 N–H and O–H groups in total. The first-order chi connectivity index (χ1) is 13.3. The average Bonchev–Trinajstić information content (AvgIpc) is 3.25. The normalized spacial score (nSPS) is 13.4. The van der Waals surface area contributed by atoms with Crippen LogP contribution in [0.15, 0.2) is 53.4 Å². The van der Waals surface area contributed by atoms with Crippen LogP contribution >= 0.6 is 0 Å². The molecular formula is C20H18FN3O3S. The van der Waals surface area contributed by atoms with Gasteiger partial charge in [-0.3, -0.25) is 4.79 Å². The minimum absolute atomic E-state index is 0.187. The molecule has 1 aliphatic rings. The molecule has 0 aliphatic heterocycles. The number of halogens is 1. The summed E-state index contributed by atoms with van der Waals surface area (Å²) in [5.74, 6) is -0.686. The number of hydrogen-bond acceptors (Lipinski definition) is 4. The molecule has 1 heterocycles. The minimum atomic E-state index is -3.29. The van der Waals surface area contributed by atoms with Gasteiger partial charge in [-0.15, -0.1) is 0 Å². The van der Waals surface area contributed by atoms with Crippen molar-refractivity contribution in [2.75, 3.05) is 11.6 Å². The Morgan fingerprint density at radius 3 is 2.39 bits per heavy atom. The highest BCUT2D eigenvalue weighted by molar-refractivity contribution is 7.90. The molecule has 1 aromatic heterocycles. The zero-order chi connectivity index (χ0) is 19.9. The van der Waals surface area contributed by atoms with Crippen LogP contribution in [0.3, 0.4) is 0 Å². The second-order valence-electron chi connectivity index (χ2n) is 6.77. The van der Waals surface area contributed by atoms with Gasteiger partial charge in [-0.25, -0.2) is 17.5 Å². The predicted octanol–water partition coefficient (Wildman–Crippen LogP) is 3.16. The van der Waals surface area contributed by atoms with Crippen molar-refractivity contribution in [2.45, 2.75) is 24.2 Å². The van der Waals surface area contributed by atoms with Crippen molar-refractivity contribution in [1.82, 2.24) is 9.78 Å². The molecule has 1 amide bonds. The molecule has 0 fully saturated rings. The van der Waals surface area contributed by atoms with Crippen molar-refractivity contribution in [2.24, 2.45) is 0 Å². The number of carbonyl (C=O) groups excluding carboxylic acids is 1. The van der Waals surface area contributed by atoms with Gasteiger partial charge in [0.1, 0.15) is 5.82 Å². The van der Waals surface area contributed by atoms with Crippen LogP contribution in [0.25, 0.3) is 5.69 Å². The van der Waals surface area contributed by atoms with Gasteiger partial charge in [0.05, 0.1) is 10.6 Å².